The molecule has 11 nitrogen and oxygen atoms in total. The molecular formula is C41H46O11. The number of methoxy groups -OCH3 is 3. The van der Waals surface area contributed by atoms with E-state index < -0.39 is 36.0 Å². The van der Waals surface area contributed by atoms with Gasteiger partial charge in [0.05, 0.1) is 34.5 Å². The smallest absolute Gasteiger partial charge is 0.163 e. The third-order valence-corrected chi connectivity index (χ3v) is 8.84. The quantitative estimate of drug-likeness (QED) is 0.127. The van der Waals surface area contributed by atoms with Gasteiger partial charge in [-0.1, -0.05) is 42.5 Å². The van der Waals surface area contributed by atoms with Crippen molar-refractivity contribution in [3.05, 3.63) is 107 Å². The third kappa shape index (κ3) is 8.62. The van der Waals surface area contributed by atoms with E-state index in [1.807, 2.05) is 94.4 Å². The van der Waals surface area contributed by atoms with Crippen molar-refractivity contribution in [3.63, 3.8) is 0 Å². The highest BCUT2D eigenvalue weighted by molar-refractivity contribution is 5.76. The fraction of sp³-hybridized carbons (Fsp3) is 0.390. The SMILES string of the molecule is COc1cc([C@@H]2OC(C)(C)OC[C@H]2Oc2ccc([C@@H]3OC(C)(C)OC[C@H]3Oc3ccc(C=O)cc3OC)cc2OC)ccc1OCc1ccccc1. The normalized spacial score (nSPS) is 22.1. The van der Waals surface area contributed by atoms with E-state index in [0.29, 0.717) is 46.7 Å². The van der Waals surface area contributed by atoms with Gasteiger partial charge in [0, 0.05) is 5.56 Å². The van der Waals surface area contributed by atoms with Gasteiger partial charge in [-0.2, -0.15) is 0 Å². The summed E-state index contributed by atoms with van der Waals surface area (Å²) in [7, 11) is 4.72. The van der Waals surface area contributed by atoms with Gasteiger partial charge in [0.2, 0.25) is 0 Å². The Morgan fingerprint density at radius 3 is 1.62 bits per heavy atom. The number of ether oxygens (including phenoxy) is 10. The second-order valence-electron chi connectivity index (χ2n) is 13.4. The molecule has 0 spiro atoms. The lowest BCUT2D eigenvalue weighted by Gasteiger charge is -2.42. The predicted molar refractivity (Wildman–Crippen MR) is 192 cm³/mol. The van der Waals surface area contributed by atoms with Crippen LogP contribution in [-0.2, 0) is 25.6 Å². The fourth-order valence-electron chi connectivity index (χ4n) is 6.18. The van der Waals surface area contributed by atoms with Crippen LogP contribution in [0.15, 0.2) is 84.9 Å². The maximum Gasteiger partial charge on any atom is 0.163 e. The molecule has 2 aliphatic rings. The molecule has 0 aliphatic carbocycles. The zero-order valence-electron chi connectivity index (χ0n) is 30.6. The zero-order valence-corrected chi connectivity index (χ0v) is 30.6. The zero-order chi connectivity index (χ0) is 36.9. The summed E-state index contributed by atoms with van der Waals surface area (Å²) in [4.78, 5) is 11.3. The highest BCUT2D eigenvalue weighted by Gasteiger charge is 2.41. The monoisotopic (exact) mass is 714 g/mol. The lowest BCUT2D eigenvalue weighted by Crippen LogP contribution is -2.46. The highest BCUT2D eigenvalue weighted by atomic mass is 16.7. The number of hydrogen-bond donors (Lipinski definition) is 0. The van der Waals surface area contributed by atoms with E-state index in [9.17, 15) is 4.79 Å². The number of aldehydes is 1. The minimum atomic E-state index is -0.877. The van der Waals surface area contributed by atoms with Gasteiger partial charge in [0.1, 0.15) is 25.1 Å². The first-order valence-corrected chi connectivity index (χ1v) is 17.1. The molecular weight excluding hydrogens is 668 g/mol. The molecule has 52 heavy (non-hydrogen) atoms. The Bertz CT molecular complexity index is 1820. The molecule has 4 aromatic carbocycles. The molecule has 11 heteroatoms. The van der Waals surface area contributed by atoms with Crippen LogP contribution in [0.5, 0.6) is 34.5 Å². The molecule has 0 N–H and O–H groups in total. The van der Waals surface area contributed by atoms with E-state index in [0.717, 1.165) is 23.0 Å². The molecule has 0 amide bonds. The summed E-state index contributed by atoms with van der Waals surface area (Å²) < 4.78 is 61.1. The summed E-state index contributed by atoms with van der Waals surface area (Å²) in [5.41, 5.74) is 3.16. The van der Waals surface area contributed by atoms with E-state index in [1.165, 1.54) is 7.11 Å². The van der Waals surface area contributed by atoms with E-state index >= 15 is 0 Å². The van der Waals surface area contributed by atoms with Crippen LogP contribution in [0.1, 0.15) is 67.0 Å². The van der Waals surface area contributed by atoms with Crippen molar-refractivity contribution in [3.8, 4) is 34.5 Å². The number of rotatable bonds is 13. The number of carbonyl (C=O) groups is 1. The van der Waals surface area contributed by atoms with Crippen molar-refractivity contribution in [2.24, 2.45) is 0 Å². The Kier molecular flexibility index (Phi) is 11.3. The first-order chi connectivity index (χ1) is 25.0. The van der Waals surface area contributed by atoms with E-state index in [4.69, 9.17) is 47.4 Å². The molecule has 0 bridgehead atoms. The van der Waals surface area contributed by atoms with Gasteiger partial charge in [0.25, 0.3) is 0 Å². The molecule has 0 unspecified atom stereocenters. The minimum absolute atomic E-state index is 0.241. The summed E-state index contributed by atoms with van der Waals surface area (Å²) in [6.07, 6.45) is -1.40. The topological polar surface area (TPSA) is 109 Å². The van der Waals surface area contributed by atoms with Crippen LogP contribution in [0.25, 0.3) is 0 Å². The molecule has 4 aromatic rings. The van der Waals surface area contributed by atoms with Gasteiger partial charge < -0.3 is 47.4 Å². The standard InChI is InChI=1S/C41H46O11/c1-40(2)48-25-37(38(51-40)28-14-17-30(34(20-28)44-6)46-23-26-11-9-8-10-12-26)50-32-18-15-29(21-35(32)45-7)39-36(24-47-41(3,4)52-39)49-31-16-13-27(22-42)19-33(31)43-5/h8-22,36-39H,23-25H2,1-7H3/t36-,37-,38+,39+/m1/s1. The van der Waals surface area contributed by atoms with E-state index in [-0.39, 0.29) is 13.2 Å². The molecule has 276 valence electrons. The Balaban J connectivity index is 1.24. The summed E-state index contributed by atoms with van der Waals surface area (Å²) >= 11 is 0. The van der Waals surface area contributed by atoms with Crippen LogP contribution >= 0.6 is 0 Å². The third-order valence-electron chi connectivity index (χ3n) is 8.84. The van der Waals surface area contributed by atoms with Crippen LogP contribution in [0.3, 0.4) is 0 Å². The van der Waals surface area contributed by atoms with Gasteiger partial charge >= 0.3 is 0 Å². The minimum Gasteiger partial charge on any atom is -0.493 e. The molecule has 0 radical (unpaired) electrons. The lowest BCUT2D eigenvalue weighted by atomic mass is 10.0. The summed E-state index contributed by atoms with van der Waals surface area (Å²) in [5.74, 6) is 1.34. The Morgan fingerprint density at radius 2 is 1.10 bits per heavy atom. The second-order valence-corrected chi connectivity index (χ2v) is 13.4. The van der Waals surface area contributed by atoms with E-state index in [2.05, 4.69) is 0 Å². The average molecular weight is 715 g/mol. The summed E-state index contributed by atoms with van der Waals surface area (Å²) in [6.45, 7) is 8.36. The summed E-state index contributed by atoms with van der Waals surface area (Å²) in [6, 6.07) is 26.3. The molecule has 2 aliphatic heterocycles. The highest BCUT2D eigenvalue weighted by Crippen LogP contribution is 2.43. The van der Waals surface area contributed by atoms with Crippen LogP contribution in [0.2, 0.25) is 0 Å². The largest absolute Gasteiger partial charge is 0.493 e. The molecule has 4 atom stereocenters. The van der Waals surface area contributed by atoms with Gasteiger partial charge in [-0.05, 0) is 86.8 Å². The predicted octanol–water partition coefficient (Wildman–Crippen LogP) is 7.65. The van der Waals surface area contributed by atoms with E-state index in [1.54, 1.807) is 32.4 Å². The number of carbonyl (C=O) groups excluding carboxylic acids is 1. The van der Waals surface area contributed by atoms with Crippen molar-refractivity contribution in [2.45, 2.75) is 70.3 Å². The summed E-state index contributed by atoms with van der Waals surface area (Å²) in [5, 5.41) is 0. The van der Waals surface area contributed by atoms with Crippen LogP contribution < -0.4 is 28.4 Å². The van der Waals surface area contributed by atoms with Crippen molar-refractivity contribution in [1.29, 1.82) is 0 Å². The fourth-order valence-corrected chi connectivity index (χ4v) is 6.18. The van der Waals surface area contributed by atoms with Crippen molar-refractivity contribution < 1.29 is 52.2 Å². The average Bonchev–Trinajstić information content (AvgIpc) is 3.15. The van der Waals surface area contributed by atoms with Crippen LogP contribution in [0.4, 0.5) is 0 Å². The number of hydrogen-bond acceptors (Lipinski definition) is 11. The van der Waals surface area contributed by atoms with Crippen LogP contribution in [-0.4, -0.2) is 64.6 Å². The first kappa shape index (κ1) is 37.0. The Hall–Kier alpha value is -4.81. The molecule has 2 fully saturated rings. The van der Waals surface area contributed by atoms with Crippen LogP contribution in [0, 0.1) is 0 Å². The van der Waals surface area contributed by atoms with Crippen molar-refractivity contribution in [1.82, 2.24) is 0 Å². The van der Waals surface area contributed by atoms with Crippen molar-refractivity contribution >= 4 is 6.29 Å². The van der Waals surface area contributed by atoms with Gasteiger partial charge in [-0.15, -0.1) is 0 Å². The molecule has 0 saturated carbocycles. The second kappa shape index (κ2) is 15.8. The lowest BCUT2D eigenvalue weighted by molar-refractivity contribution is -0.303. The Morgan fingerprint density at radius 1 is 0.615 bits per heavy atom. The Labute approximate surface area is 304 Å². The maximum absolute atomic E-state index is 11.3. The van der Waals surface area contributed by atoms with Crippen molar-refractivity contribution in [2.75, 3.05) is 34.5 Å². The van der Waals surface area contributed by atoms with Gasteiger partial charge in [-0.3, -0.25) is 4.79 Å². The molecule has 6 rings (SSSR count). The molecule has 2 heterocycles. The number of benzene rings is 4. The molecule has 0 aromatic heterocycles. The maximum atomic E-state index is 11.3. The van der Waals surface area contributed by atoms with Gasteiger partial charge in [-0.25, -0.2) is 0 Å². The first-order valence-electron chi connectivity index (χ1n) is 17.1. The van der Waals surface area contributed by atoms with Gasteiger partial charge in [0.15, 0.2) is 58.3 Å². The molecule has 2 saturated heterocycles.